The molecular weight excluding hydrogens is 526 g/mol. The van der Waals surface area contributed by atoms with Crippen LogP contribution in [0.2, 0.25) is 5.02 Å². The van der Waals surface area contributed by atoms with Crippen molar-refractivity contribution >= 4 is 52.6 Å². The van der Waals surface area contributed by atoms with E-state index in [1.165, 1.54) is 9.80 Å². The molecule has 2 aliphatic rings. The minimum atomic E-state index is -0.987. The van der Waals surface area contributed by atoms with Crippen LogP contribution in [0.15, 0.2) is 48.5 Å². The van der Waals surface area contributed by atoms with Gasteiger partial charge in [0.05, 0.1) is 13.2 Å². The van der Waals surface area contributed by atoms with Gasteiger partial charge in [-0.05, 0) is 69.3 Å². The average Bonchev–Trinajstić information content (AvgIpc) is 2.89. The predicted molar refractivity (Wildman–Crippen MR) is 147 cm³/mol. The molecule has 208 valence electrons. The molecule has 4 rings (SSSR count). The highest BCUT2D eigenvalue weighted by Crippen LogP contribution is 2.22. The fraction of sp³-hybridized carbons (Fsp3) is 0.407. The highest BCUT2D eigenvalue weighted by molar-refractivity contribution is 6.30. The number of morpholine rings is 1. The maximum absolute atomic E-state index is 13.5. The standard InChI is InChI=1S/C27H32ClN5O6/c1-27(2,3)39-26(37)31-12-13-33(25(36)30-20-6-4-18(28)5-7-20)22(16-31)24(35)29-19-8-10-21(11-9-19)32-14-15-38-17-23(32)34/h4-11,22H,12-17H2,1-3H3,(H,29,35)(H,30,36). The Bertz CT molecular complexity index is 1210. The molecule has 0 spiro atoms. The summed E-state index contributed by atoms with van der Waals surface area (Å²) in [5.74, 6) is -0.602. The summed E-state index contributed by atoms with van der Waals surface area (Å²) in [6.45, 7) is 6.50. The predicted octanol–water partition coefficient (Wildman–Crippen LogP) is 3.80. The molecule has 0 bridgehead atoms. The van der Waals surface area contributed by atoms with E-state index in [0.717, 1.165) is 0 Å². The summed E-state index contributed by atoms with van der Waals surface area (Å²) in [7, 11) is 0. The number of carbonyl (C=O) groups excluding carboxylic acids is 4. The Morgan fingerprint density at radius 3 is 2.23 bits per heavy atom. The van der Waals surface area contributed by atoms with E-state index >= 15 is 0 Å². The zero-order valence-electron chi connectivity index (χ0n) is 22.1. The number of ether oxygens (including phenoxy) is 2. The van der Waals surface area contributed by atoms with Crippen LogP contribution in [0.25, 0.3) is 0 Å². The third-order valence-corrected chi connectivity index (χ3v) is 6.38. The second-order valence-corrected chi connectivity index (χ2v) is 10.6. The van der Waals surface area contributed by atoms with E-state index in [2.05, 4.69) is 10.6 Å². The molecule has 2 aromatic rings. The summed E-state index contributed by atoms with van der Waals surface area (Å²) < 4.78 is 10.7. The van der Waals surface area contributed by atoms with E-state index in [9.17, 15) is 19.2 Å². The Labute approximate surface area is 232 Å². The van der Waals surface area contributed by atoms with Gasteiger partial charge in [0.1, 0.15) is 18.2 Å². The quantitative estimate of drug-likeness (QED) is 0.590. The second kappa shape index (κ2) is 11.9. The number of nitrogens with one attached hydrogen (secondary N) is 2. The molecule has 5 amide bonds. The van der Waals surface area contributed by atoms with Gasteiger partial charge in [0.15, 0.2) is 0 Å². The van der Waals surface area contributed by atoms with Crippen LogP contribution in [-0.2, 0) is 19.1 Å². The van der Waals surface area contributed by atoms with Crippen LogP contribution in [0.5, 0.6) is 0 Å². The number of piperazine rings is 1. The van der Waals surface area contributed by atoms with Crippen molar-refractivity contribution in [3.8, 4) is 0 Å². The van der Waals surface area contributed by atoms with Gasteiger partial charge in [0.2, 0.25) is 5.91 Å². The van der Waals surface area contributed by atoms with Crippen molar-refractivity contribution in [1.82, 2.24) is 9.80 Å². The van der Waals surface area contributed by atoms with Crippen molar-refractivity contribution in [2.45, 2.75) is 32.4 Å². The van der Waals surface area contributed by atoms with Gasteiger partial charge < -0.3 is 34.8 Å². The van der Waals surface area contributed by atoms with Crippen molar-refractivity contribution in [3.05, 3.63) is 53.6 Å². The van der Waals surface area contributed by atoms with E-state index in [1.807, 2.05) is 0 Å². The Hall–Kier alpha value is -3.83. The van der Waals surface area contributed by atoms with Gasteiger partial charge in [-0.25, -0.2) is 9.59 Å². The van der Waals surface area contributed by atoms with Gasteiger partial charge in [0, 0.05) is 41.7 Å². The van der Waals surface area contributed by atoms with Crippen molar-refractivity contribution in [2.24, 2.45) is 0 Å². The maximum atomic E-state index is 13.5. The van der Waals surface area contributed by atoms with E-state index in [-0.39, 0.29) is 32.1 Å². The number of urea groups is 1. The van der Waals surface area contributed by atoms with Gasteiger partial charge in [-0.2, -0.15) is 0 Å². The van der Waals surface area contributed by atoms with Crippen molar-refractivity contribution in [2.75, 3.05) is 54.9 Å². The topological polar surface area (TPSA) is 121 Å². The zero-order valence-corrected chi connectivity index (χ0v) is 22.9. The molecule has 2 heterocycles. The lowest BCUT2D eigenvalue weighted by Crippen LogP contribution is -2.61. The third kappa shape index (κ3) is 7.39. The molecule has 2 aliphatic heterocycles. The van der Waals surface area contributed by atoms with Crippen LogP contribution in [0.1, 0.15) is 20.8 Å². The van der Waals surface area contributed by atoms with E-state index in [0.29, 0.717) is 35.2 Å². The molecule has 2 fully saturated rings. The molecule has 2 aromatic carbocycles. The minimum Gasteiger partial charge on any atom is -0.444 e. The first kappa shape index (κ1) is 28.2. The smallest absolute Gasteiger partial charge is 0.410 e. The summed E-state index contributed by atoms with van der Waals surface area (Å²) in [6, 6.07) is 12.0. The number of rotatable bonds is 4. The Kier molecular flexibility index (Phi) is 8.61. The van der Waals surface area contributed by atoms with Crippen LogP contribution in [-0.4, -0.2) is 84.8 Å². The van der Waals surface area contributed by atoms with Crippen LogP contribution in [0.4, 0.5) is 26.7 Å². The number of carbonyl (C=O) groups is 4. The number of halogens is 1. The second-order valence-electron chi connectivity index (χ2n) is 10.2. The molecular formula is C27H32ClN5O6. The normalized spacial score (nSPS) is 18.0. The average molecular weight is 558 g/mol. The summed E-state index contributed by atoms with van der Waals surface area (Å²) in [4.78, 5) is 56.0. The first-order valence-corrected chi connectivity index (χ1v) is 13.0. The van der Waals surface area contributed by atoms with Crippen LogP contribution in [0, 0.1) is 0 Å². The lowest BCUT2D eigenvalue weighted by atomic mass is 10.1. The fourth-order valence-corrected chi connectivity index (χ4v) is 4.34. The number of anilines is 3. The molecule has 1 atom stereocenters. The highest BCUT2D eigenvalue weighted by Gasteiger charge is 2.38. The monoisotopic (exact) mass is 557 g/mol. The van der Waals surface area contributed by atoms with Gasteiger partial charge in [-0.15, -0.1) is 0 Å². The molecule has 0 aromatic heterocycles. The molecule has 0 radical (unpaired) electrons. The largest absolute Gasteiger partial charge is 0.444 e. The molecule has 11 nitrogen and oxygen atoms in total. The first-order chi connectivity index (χ1) is 18.5. The number of amides is 5. The van der Waals surface area contributed by atoms with Crippen molar-refractivity contribution in [3.63, 3.8) is 0 Å². The van der Waals surface area contributed by atoms with E-state index in [4.69, 9.17) is 21.1 Å². The van der Waals surface area contributed by atoms with Crippen LogP contribution >= 0.6 is 11.6 Å². The Morgan fingerprint density at radius 2 is 1.59 bits per heavy atom. The minimum absolute atomic E-state index is 0.0300. The van der Waals surface area contributed by atoms with Crippen LogP contribution in [0.3, 0.4) is 0 Å². The highest BCUT2D eigenvalue weighted by atomic mass is 35.5. The van der Waals surface area contributed by atoms with Gasteiger partial charge >= 0.3 is 12.1 Å². The number of nitrogens with zero attached hydrogens (tertiary/aromatic N) is 3. The van der Waals surface area contributed by atoms with Crippen LogP contribution < -0.4 is 15.5 Å². The van der Waals surface area contributed by atoms with E-state index in [1.54, 1.807) is 74.2 Å². The van der Waals surface area contributed by atoms with Gasteiger partial charge in [-0.1, -0.05) is 11.6 Å². The SMILES string of the molecule is CC(C)(C)OC(=O)N1CCN(C(=O)Nc2ccc(Cl)cc2)C(C(=O)Nc2ccc(N3CCOCC3=O)cc2)C1. The third-order valence-electron chi connectivity index (χ3n) is 6.12. The zero-order chi connectivity index (χ0) is 28.2. The fourth-order valence-electron chi connectivity index (χ4n) is 4.21. The number of hydrogen-bond donors (Lipinski definition) is 2. The molecule has 39 heavy (non-hydrogen) atoms. The first-order valence-electron chi connectivity index (χ1n) is 12.6. The molecule has 2 saturated heterocycles. The lowest BCUT2D eigenvalue weighted by molar-refractivity contribution is -0.125. The Balaban J connectivity index is 1.49. The molecule has 2 N–H and O–H groups in total. The van der Waals surface area contributed by atoms with Crippen molar-refractivity contribution in [1.29, 1.82) is 0 Å². The van der Waals surface area contributed by atoms with Gasteiger partial charge in [0.25, 0.3) is 5.91 Å². The summed E-state index contributed by atoms with van der Waals surface area (Å²) >= 11 is 5.94. The van der Waals surface area contributed by atoms with E-state index < -0.39 is 29.7 Å². The molecule has 0 saturated carbocycles. The maximum Gasteiger partial charge on any atom is 0.410 e. The van der Waals surface area contributed by atoms with Gasteiger partial charge in [-0.3, -0.25) is 9.59 Å². The molecule has 0 aliphatic carbocycles. The lowest BCUT2D eigenvalue weighted by Gasteiger charge is -2.40. The summed E-state index contributed by atoms with van der Waals surface area (Å²) in [6.07, 6.45) is -0.558. The summed E-state index contributed by atoms with van der Waals surface area (Å²) in [5, 5.41) is 6.14. The summed E-state index contributed by atoms with van der Waals surface area (Å²) in [5.41, 5.74) is 0.990. The van der Waals surface area contributed by atoms with Crippen molar-refractivity contribution < 1.29 is 28.7 Å². The Morgan fingerprint density at radius 1 is 0.949 bits per heavy atom. The molecule has 12 heteroatoms. The number of benzene rings is 2. The molecule has 1 unspecified atom stereocenters. The number of hydrogen-bond acceptors (Lipinski definition) is 6.